The molecule has 0 aliphatic heterocycles. The fraction of sp³-hybridized carbons (Fsp3) is 0.471. The maximum atomic E-state index is 12.4. The van der Waals surface area contributed by atoms with Gasteiger partial charge in [-0.05, 0) is 30.9 Å². The zero-order valence-corrected chi connectivity index (χ0v) is 12.4. The number of carbonyl (C=O) groups excluding carboxylic acids is 1. The Balaban J connectivity index is 1.88. The first kappa shape index (κ1) is 14.0. The number of amides is 1. The Hall–Kier alpha value is -1.97. The molecular weight excluding hydrogens is 262 g/mol. The minimum atomic E-state index is 0.108. The van der Waals surface area contributed by atoms with E-state index in [0.717, 1.165) is 43.0 Å². The Bertz CT molecular complexity index is 648. The first-order valence-corrected chi connectivity index (χ1v) is 7.83. The van der Waals surface area contributed by atoms with Crippen LogP contribution in [0.5, 0.6) is 0 Å². The predicted octanol–water partition coefficient (Wildman–Crippen LogP) is 3.71. The van der Waals surface area contributed by atoms with Gasteiger partial charge in [-0.1, -0.05) is 38.3 Å². The second-order valence-electron chi connectivity index (χ2n) is 5.71. The average Bonchev–Trinajstić information content (AvgIpc) is 2.55. The van der Waals surface area contributed by atoms with Gasteiger partial charge in [-0.2, -0.15) is 0 Å². The Morgan fingerprint density at radius 3 is 2.81 bits per heavy atom. The highest BCUT2D eigenvalue weighted by Gasteiger charge is 2.22. The zero-order chi connectivity index (χ0) is 14.7. The van der Waals surface area contributed by atoms with Gasteiger partial charge in [-0.3, -0.25) is 4.79 Å². The molecule has 21 heavy (non-hydrogen) atoms. The smallest absolute Gasteiger partial charge is 0.228 e. The normalized spacial score (nSPS) is 16.0. The quantitative estimate of drug-likeness (QED) is 0.934. The molecule has 0 spiro atoms. The Labute approximate surface area is 125 Å². The molecule has 1 aromatic carbocycles. The number of rotatable bonds is 3. The van der Waals surface area contributed by atoms with Crippen molar-refractivity contribution in [2.75, 3.05) is 5.32 Å². The van der Waals surface area contributed by atoms with E-state index in [2.05, 4.69) is 28.3 Å². The summed E-state index contributed by atoms with van der Waals surface area (Å²) in [6.45, 7) is 2.11. The van der Waals surface area contributed by atoms with Crippen LogP contribution in [-0.4, -0.2) is 15.9 Å². The van der Waals surface area contributed by atoms with Gasteiger partial charge in [0.1, 0.15) is 12.1 Å². The summed E-state index contributed by atoms with van der Waals surface area (Å²) in [6, 6.07) is 6.05. The Morgan fingerprint density at radius 1 is 1.24 bits per heavy atom. The van der Waals surface area contributed by atoms with Crippen LogP contribution in [0.3, 0.4) is 0 Å². The van der Waals surface area contributed by atoms with Crippen molar-refractivity contribution < 1.29 is 4.79 Å². The summed E-state index contributed by atoms with van der Waals surface area (Å²) in [6.07, 6.45) is 8.01. The molecule has 1 aromatic heterocycles. The summed E-state index contributed by atoms with van der Waals surface area (Å²) in [5.74, 6) is 0.889. The van der Waals surface area contributed by atoms with Gasteiger partial charge in [0.15, 0.2) is 0 Å². The highest BCUT2D eigenvalue weighted by atomic mass is 16.1. The number of carbonyl (C=O) groups is 1. The van der Waals surface area contributed by atoms with Crippen LogP contribution in [-0.2, 0) is 11.2 Å². The number of hydrogen-bond acceptors (Lipinski definition) is 3. The topological polar surface area (TPSA) is 54.9 Å². The predicted molar refractivity (Wildman–Crippen MR) is 84.1 cm³/mol. The van der Waals surface area contributed by atoms with E-state index in [1.54, 1.807) is 0 Å². The van der Waals surface area contributed by atoms with E-state index >= 15 is 0 Å². The largest absolute Gasteiger partial charge is 0.310 e. The van der Waals surface area contributed by atoms with Gasteiger partial charge in [-0.15, -0.1) is 0 Å². The van der Waals surface area contributed by atoms with Crippen molar-refractivity contribution in [3.8, 4) is 0 Å². The van der Waals surface area contributed by atoms with Crippen LogP contribution in [0.4, 0.5) is 5.82 Å². The number of fused-ring (bicyclic) bond motifs is 1. The number of benzene rings is 1. The number of hydrogen-bond donors (Lipinski definition) is 1. The molecule has 0 radical (unpaired) electrons. The van der Waals surface area contributed by atoms with Crippen molar-refractivity contribution in [1.29, 1.82) is 0 Å². The van der Waals surface area contributed by atoms with Crippen molar-refractivity contribution in [2.24, 2.45) is 5.92 Å². The van der Waals surface area contributed by atoms with E-state index < -0.39 is 0 Å². The molecule has 0 bridgehead atoms. The molecule has 1 heterocycles. The van der Waals surface area contributed by atoms with E-state index in [-0.39, 0.29) is 11.8 Å². The van der Waals surface area contributed by atoms with Crippen LogP contribution in [0, 0.1) is 5.92 Å². The van der Waals surface area contributed by atoms with Gasteiger partial charge >= 0.3 is 0 Å². The van der Waals surface area contributed by atoms with Crippen LogP contribution in [0.25, 0.3) is 10.9 Å². The highest BCUT2D eigenvalue weighted by molar-refractivity contribution is 6.00. The molecule has 3 rings (SSSR count). The van der Waals surface area contributed by atoms with E-state index in [1.807, 2.05) is 12.1 Å². The fourth-order valence-electron chi connectivity index (χ4n) is 3.12. The van der Waals surface area contributed by atoms with Crippen LogP contribution >= 0.6 is 0 Å². The molecule has 0 unspecified atom stereocenters. The minimum absolute atomic E-state index is 0.108. The van der Waals surface area contributed by atoms with Gasteiger partial charge in [0.2, 0.25) is 5.91 Å². The Kier molecular flexibility index (Phi) is 4.13. The summed E-state index contributed by atoms with van der Waals surface area (Å²) in [5.41, 5.74) is 2.12. The van der Waals surface area contributed by atoms with E-state index in [4.69, 9.17) is 0 Å². The standard InChI is InChI=1S/C17H21N3O/c1-2-12-9-6-10-14-15(12)18-11-19-16(14)20-17(21)13-7-4-3-5-8-13/h6,9-11,13H,2-5,7-8H2,1H3,(H,18,19,20,21). The van der Waals surface area contributed by atoms with Crippen molar-refractivity contribution in [3.05, 3.63) is 30.1 Å². The molecule has 4 nitrogen and oxygen atoms in total. The lowest BCUT2D eigenvalue weighted by molar-refractivity contribution is -0.120. The first-order chi connectivity index (χ1) is 10.3. The van der Waals surface area contributed by atoms with E-state index in [0.29, 0.717) is 5.82 Å². The number of nitrogens with zero attached hydrogens (tertiary/aromatic N) is 2. The minimum Gasteiger partial charge on any atom is -0.310 e. The zero-order valence-electron chi connectivity index (χ0n) is 12.4. The molecule has 2 aromatic rings. The molecule has 1 amide bonds. The third kappa shape index (κ3) is 2.89. The highest BCUT2D eigenvalue weighted by Crippen LogP contribution is 2.27. The summed E-state index contributed by atoms with van der Waals surface area (Å²) in [4.78, 5) is 21.0. The lowest BCUT2D eigenvalue weighted by Crippen LogP contribution is -2.25. The first-order valence-electron chi connectivity index (χ1n) is 7.83. The third-order valence-corrected chi connectivity index (χ3v) is 4.35. The van der Waals surface area contributed by atoms with Crippen LogP contribution in [0.15, 0.2) is 24.5 Å². The second kappa shape index (κ2) is 6.20. The lowest BCUT2D eigenvalue weighted by atomic mass is 9.88. The number of aromatic nitrogens is 2. The number of nitrogens with one attached hydrogen (secondary N) is 1. The number of anilines is 1. The molecule has 1 N–H and O–H groups in total. The third-order valence-electron chi connectivity index (χ3n) is 4.35. The number of aryl methyl sites for hydroxylation is 1. The van der Waals surface area contributed by atoms with Crippen molar-refractivity contribution >= 4 is 22.6 Å². The van der Waals surface area contributed by atoms with Crippen LogP contribution < -0.4 is 5.32 Å². The van der Waals surface area contributed by atoms with Crippen LogP contribution in [0.2, 0.25) is 0 Å². The summed E-state index contributed by atoms with van der Waals surface area (Å²) in [5, 5.41) is 3.95. The van der Waals surface area contributed by atoms with Crippen molar-refractivity contribution in [3.63, 3.8) is 0 Å². The summed E-state index contributed by atoms with van der Waals surface area (Å²) in [7, 11) is 0. The number of para-hydroxylation sites is 1. The van der Waals surface area contributed by atoms with Crippen molar-refractivity contribution in [1.82, 2.24) is 9.97 Å². The molecule has 1 aliphatic rings. The molecule has 4 heteroatoms. The summed E-state index contributed by atoms with van der Waals surface area (Å²) >= 11 is 0. The SMILES string of the molecule is CCc1cccc2c(NC(=O)C3CCCCC3)ncnc12. The van der Waals surface area contributed by atoms with E-state index in [1.165, 1.54) is 18.3 Å². The van der Waals surface area contributed by atoms with Gasteiger partial charge in [0.05, 0.1) is 5.52 Å². The molecular formula is C17H21N3O. The van der Waals surface area contributed by atoms with Crippen molar-refractivity contribution in [2.45, 2.75) is 45.4 Å². The maximum absolute atomic E-state index is 12.4. The molecule has 1 fully saturated rings. The monoisotopic (exact) mass is 283 g/mol. The maximum Gasteiger partial charge on any atom is 0.228 e. The van der Waals surface area contributed by atoms with Gasteiger partial charge < -0.3 is 5.32 Å². The molecule has 1 aliphatic carbocycles. The molecule has 0 atom stereocenters. The average molecular weight is 283 g/mol. The molecule has 110 valence electrons. The van der Waals surface area contributed by atoms with Gasteiger partial charge in [0, 0.05) is 11.3 Å². The fourth-order valence-corrected chi connectivity index (χ4v) is 3.12. The Morgan fingerprint density at radius 2 is 2.05 bits per heavy atom. The lowest BCUT2D eigenvalue weighted by Gasteiger charge is -2.20. The molecule has 0 saturated heterocycles. The van der Waals surface area contributed by atoms with E-state index in [9.17, 15) is 4.79 Å². The molecule has 1 saturated carbocycles. The second-order valence-corrected chi connectivity index (χ2v) is 5.71. The van der Waals surface area contributed by atoms with Gasteiger partial charge in [-0.25, -0.2) is 9.97 Å². The van der Waals surface area contributed by atoms with Crippen LogP contribution in [0.1, 0.15) is 44.6 Å². The summed E-state index contributed by atoms with van der Waals surface area (Å²) < 4.78 is 0. The van der Waals surface area contributed by atoms with Gasteiger partial charge in [0.25, 0.3) is 0 Å².